The monoisotopic (exact) mass is 650 g/mol. The molecule has 0 aromatic heterocycles. The van der Waals surface area contributed by atoms with Crippen molar-refractivity contribution in [3.05, 3.63) is 105 Å². The molecule has 48 heavy (non-hydrogen) atoms. The summed E-state index contributed by atoms with van der Waals surface area (Å²) in [5.74, 6) is -7.09. The van der Waals surface area contributed by atoms with Gasteiger partial charge in [-0.2, -0.15) is 21.0 Å². The van der Waals surface area contributed by atoms with E-state index in [9.17, 15) is 34.2 Å². The van der Waals surface area contributed by atoms with Crippen LogP contribution in [-0.2, 0) is 0 Å². The first-order valence-electron chi connectivity index (χ1n) is 13.8. The minimum Gasteiger partial charge on any atom is -0.255 e. The Morgan fingerprint density at radius 1 is 0.646 bits per heavy atom. The highest BCUT2D eigenvalue weighted by Crippen LogP contribution is 2.49. The van der Waals surface area contributed by atoms with Crippen LogP contribution in [0.3, 0.4) is 0 Å². The molecule has 0 bridgehead atoms. The highest BCUT2D eigenvalue weighted by Gasteiger charge is 2.30. The van der Waals surface area contributed by atoms with Crippen LogP contribution in [-0.4, -0.2) is 7.18 Å². The van der Waals surface area contributed by atoms with Gasteiger partial charge in [-0.15, -0.1) is 0 Å². The fourth-order valence-corrected chi connectivity index (χ4v) is 6.35. The summed E-state index contributed by atoms with van der Waals surface area (Å²) in [4.78, 5) is 0. The molecular weight excluding hydrogens is 633 g/mol. The van der Waals surface area contributed by atoms with Crippen LogP contribution in [0.2, 0.25) is 0 Å². The van der Waals surface area contributed by atoms with Crippen LogP contribution >= 0.6 is 0 Å². The van der Waals surface area contributed by atoms with Crippen LogP contribution in [0, 0.1) is 62.8 Å². The molecule has 0 aliphatic rings. The van der Waals surface area contributed by atoms with Crippen LogP contribution in [0.4, 0.5) is 30.7 Å². The summed E-state index contributed by atoms with van der Waals surface area (Å²) in [5, 5.41) is 39.5. The average molecular weight is 651 g/mol. The molecule has 4 nitrogen and oxygen atoms in total. The Morgan fingerprint density at radius 3 is 1.81 bits per heavy atom. The highest BCUT2D eigenvalue weighted by atomic mass is 19.2. The number of nitriles is 4. The molecule has 0 aliphatic heterocycles. The fraction of sp³-hybridized carbons (Fsp3) is 0.0811. The van der Waals surface area contributed by atoms with Gasteiger partial charge in [0.15, 0.2) is 17.5 Å². The lowest BCUT2D eigenvalue weighted by Crippen LogP contribution is -2.02. The molecule has 6 rings (SSSR count). The van der Waals surface area contributed by atoms with Crippen molar-refractivity contribution in [1.29, 1.82) is 21.0 Å². The van der Waals surface area contributed by atoms with E-state index < -0.39 is 62.2 Å². The first-order valence-corrected chi connectivity index (χ1v) is 13.8. The first-order chi connectivity index (χ1) is 23.1. The molecule has 0 radical (unpaired) electrons. The molecule has 0 saturated heterocycles. The predicted octanol–water partition coefficient (Wildman–Crippen LogP) is 9.98. The van der Waals surface area contributed by atoms with Gasteiger partial charge in [0.25, 0.3) is 0 Å². The van der Waals surface area contributed by atoms with E-state index in [1.807, 2.05) is 6.07 Å². The second-order valence-corrected chi connectivity index (χ2v) is 10.4. The molecule has 0 saturated carbocycles. The highest BCUT2D eigenvalue weighted by molar-refractivity contribution is 6.42. The molecule has 0 fully saturated rings. The Balaban J connectivity index is 0.00000221. The fourth-order valence-electron chi connectivity index (χ4n) is 6.35. The Hall–Kier alpha value is -6.43. The van der Waals surface area contributed by atoms with Crippen LogP contribution in [0.1, 0.15) is 30.5 Å². The topological polar surface area (TPSA) is 95.2 Å². The third kappa shape index (κ3) is 4.41. The summed E-state index contributed by atoms with van der Waals surface area (Å²) >= 11 is 0. The van der Waals surface area contributed by atoms with Crippen molar-refractivity contribution < 1.29 is 30.7 Å². The van der Waals surface area contributed by atoms with Gasteiger partial charge in [0.05, 0.1) is 30.7 Å². The molecule has 0 atom stereocenters. The van der Waals surface area contributed by atoms with Crippen molar-refractivity contribution in [3.63, 3.8) is 0 Å². The van der Waals surface area contributed by atoms with Crippen LogP contribution in [0.5, 0.6) is 0 Å². The second kappa shape index (κ2) is 12.4. The zero-order chi connectivity index (χ0) is 35.2. The summed E-state index contributed by atoms with van der Waals surface area (Å²) in [7, 11) is 0.500. The number of nitrogens with zero attached hydrogens (tertiary/aromatic N) is 4. The first kappa shape index (κ1) is 32.9. The summed E-state index contributed by atoms with van der Waals surface area (Å²) in [6.07, 6.45) is 0.444. The Kier molecular flexibility index (Phi) is 8.51. The largest absolute Gasteiger partial charge is 0.255 e. The van der Waals surface area contributed by atoms with Gasteiger partial charge in [0.2, 0.25) is 0 Å². The number of benzene rings is 3. The van der Waals surface area contributed by atoms with Gasteiger partial charge in [-0.05, 0) is 52.4 Å². The van der Waals surface area contributed by atoms with E-state index in [4.69, 9.17) is 0 Å². The van der Waals surface area contributed by atoms with Gasteiger partial charge in [-0.25, -0.2) is 26.3 Å². The van der Waals surface area contributed by atoms with Gasteiger partial charge in [0.1, 0.15) is 35.4 Å². The summed E-state index contributed by atoms with van der Waals surface area (Å²) in [5.41, 5.74) is -3.10. The number of hydrogen-bond donors (Lipinski definition) is 0. The third-order valence-electron chi connectivity index (χ3n) is 8.19. The van der Waals surface area contributed by atoms with Crippen molar-refractivity contribution in [2.75, 3.05) is 7.18 Å². The van der Waals surface area contributed by atoms with E-state index in [0.717, 1.165) is 6.92 Å². The van der Waals surface area contributed by atoms with Crippen molar-refractivity contribution >= 4 is 65.0 Å². The number of hydrogen-bond acceptors (Lipinski definition) is 4. The van der Waals surface area contributed by atoms with E-state index in [1.54, 1.807) is 6.07 Å². The Bertz CT molecular complexity index is 2710. The molecule has 11 heteroatoms. The molecule has 0 heterocycles. The molecule has 0 aliphatic carbocycles. The van der Waals surface area contributed by atoms with E-state index in [2.05, 4.69) is 6.07 Å². The molecule has 0 amide bonds. The molecular formula is C37H17F7N4. The maximum absolute atomic E-state index is 16.0. The lowest BCUT2D eigenvalue weighted by atomic mass is 9.96. The van der Waals surface area contributed by atoms with Crippen LogP contribution < -0.4 is 5.22 Å². The summed E-state index contributed by atoms with van der Waals surface area (Å²) in [6.45, 7) is 2.41. The van der Waals surface area contributed by atoms with Gasteiger partial charge >= 0.3 is 0 Å². The predicted molar refractivity (Wildman–Crippen MR) is 169 cm³/mol. The quantitative estimate of drug-likeness (QED) is 0.0824. The number of rotatable bonds is 3. The van der Waals surface area contributed by atoms with Gasteiger partial charge in [-0.3, -0.25) is 4.39 Å². The Labute approximate surface area is 267 Å². The minimum atomic E-state index is -1.74. The SMILES string of the molecule is CF.C\C(F)=C(C#N)/C=C(F)\C(=C\F)c1cccc2c1c1/c(=C(\C)C#N)c3cccc4c5c(F)c(F)c(C#N)c(F)c5c(C#N)c2c1c34. The normalized spacial score (nSPS) is 13.2. The van der Waals surface area contributed by atoms with E-state index >= 15 is 17.6 Å². The smallest absolute Gasteiger partial charge is 0.180 e. The number of fused-ring (bicyclic) bond motifs is 5. The summed E-state index contributed by atoms with van der Waals surface area (Å²) in [6, 6.07) is 15.4. The lowest BCUT2D eigenvalue weighted by Gasteiger charge is -2.08. The van der Waals surface area contributed by atoms with Crippen molar-refractivity contribution in [2.45, 2.75) is 13.8 Å². The van der Waals surface area contributed by atoms with E-state index in [1.165, 1.54) is 49.4 Å². The number of halogens is 7. The number of alkyl halides is 1. The molecule has 6 aromatic carbocycles. The molecule has 6 aromatic rings. The third-order valence-corrected chi connectivity index (χ3v) is 8.19. The van der Waals surface area contributed by atoms with E-state index in [-0.39, 0.29) is 60.4 Å². The van der Waals surface area contributed by atoms with Gasteiger partial charge in [-0.1, -0.05) is 36.4 Å². The second-order valence-electron chi connectivity index (χ2n) is 10.4. The summed E-state index contributed by atoms with van der Waals surface area (Å²) < 4.78 is 101. The molecule has 0 spiro atoms. The van der Waals surface area contributed by atoms with Gasteiger partial charge in [0, 0.05) is 43.3 Å². The van der Waals surface area contributed by atoms with Crippen molar-refractivity contribution in [2.24, 2.45) is 0 Å². The maximum Gasteiger partial charge on any atom is 0.180 e. The molecule has 0 N–H and O–H groups in total. The van der Waals surface area contributed by atoms with Crippen LogP contribution in [0.25, 0.3) is 65.0 Å². The van der Waals surface area contributed by atoms with Crippen molar-refractivity contribution in [3.8, 4) is 24.3 Å². The Morgan fingerprint density at radius 2 is 1.25 bits per heavy atom. The standard InChI is InChI=1S/C36H14F6N4.CH3F/c1-15(11-43)26-19-6-4-8-21-28(19)33-29(23(13-45)31-30(21)36(42)35(41)24(14-46)34(31)40)20-7-3-5-18(27(20)32(26)33)22(10-37)25(39)9-17(12-44)16(2)38;1-2/h3-10H,1-2H3;1H3/b17-16-,22-10+,25-9+,26-15+;. The maximum atomic E-state index is 16.0. The van der Waals surface area contributed by atoms with Gasteiger partial charge < -0.3 is 0 Å². The number of allylic oxidation sites excluding steroid dienone is 5. The van der Waals surface area contributed by atoms with Crippen molar-refractivity contribution in [1.82, 2.24) is 0 Å². The zero-order valence-electron chi connectivity index (χ0n) is 25.1. The minimum absolute atomic E-state index is 0.0103. The van der Waals surface area contributed by atoms with Crippen LogP contribution in [0.15, 0.2) is 66.0 Å². The average Bonchev–Trinajstić information content (AvgIpc) is 3.55. The lowest BCUT2D eigenvalue weighted by molar-refractivity contribution is 0.502. The molecule has 0 unspecified atom stereocenters. The van der Waals surface area contributed by atoms with E-state index in [0.29, 0.717) is 18.6 Å². The zero-order valence-corrected chi connectivity index (χ0v) is 25.1. The molecule has 234 valence electrons.